The molecule has 0 N–H and O–H groups in total. The number of ether oxygens (including phenoxy) is 1. The van der Waals surface area contributed by atoms with Crippen LogP contribution in [0.5, 0.6) is 0 Å². The van der Waals surface area contributed by atoms with E-state index in [0.29, 0.717) is 31.0 Å². The molecule has 0 radical (unpaired) electrons. The van der Waals surface area contributed by atoms with Gasteiger partial charge in [0.25, 0.3) is 5.56 Å². The van der Waals surface area contributed by atoms with Crippen LogP contribution in [0.2, 0.25) is 0 Å². The molecule has 152 valence electrons. The molecule has 3 aromatic rings. The van der Waals surface area contributed by atoms with Gasteiger partial charge in [0.1, 0.15) is 11.3 Å². The summed E-state index contributed by atoms with van der Waals surface area (Å²) in [6.07, 6.45) is 2.84. The van der Waals surface area contributed by atoms with Gasteiger partial charge in [0.2, 0.25) is 17.5 Å². The highest BCUT2D eigenvalue weighted by Gasteiger charge is 2.26. The maximum atomic E-state index is 13.3. The number of furan rings is 1. The highest BCUT2D eigenvalue weighted by Crippen LogP contribution is 2.22. The number of carbonyl (C=O) groups excluding carboxylic acids is 1. The molecule has 0 bridgehead atoms. The normalized spacial score (nSPS) is 13.3. The summed E-state index contributed by atoms with van der Waals surface area (Å²) in [6, 6.07) is 2.97. The zero-order valence-electron chi connectivity index (χ0n) is 16.1. The molecule has 10 nitrogen and oxygen atoms in total. The Hall–Kier alpha value is -3.43. The molecule has 1 aliphatic heterocycles. The van der Waals surface area contributed by atoms with Gasteiger partial charge in [-0.3, -0.25) is 13.9 Å². The first-order valence-electron chi connectivity index (χ1n) is 9.40. The monoisotopic (exact) mass is 400 g/mol. The molecule has 0 saturated heterocycles. The Kier molecular flexibility index (Phi) is 4.91. The van der Waals surface area contributed by atoms with Gasteiger partial charge in [-0.25, -0.2) is 9.59 Å². The SMILES string of the molecule is CCc1nc(-c2c3n(c(=O)n(Cc4ccc(C(=O)OC)o4)c2=O)CCCC3)no1. The molecule has 0 amide bonds. The lowest BCUT2D eigenvalue weighted by Gasteiger charge is -2.21. The summed E-state index contributed by atoms with van der Waals surface area (Å²) in [4.78, 5) is 42.2. The van der Waals surface area contributed by atoms with Crippen LogP contribution in [0.15, 0.2) is 30.7 Å². The van der Waals surface area contributed by atoms with Gasteiger partial charge in [-0.1, -0.05) is 12.1 Å². The fourth-order valence-corrected chi connectivity index (χ4v) is 3.49. The number of rotatable bonds is 5. The van der Waals surface area contributed by atoms with E-state index in [-0.39, 0.29) is 29.5 Å². The maximum absolute atomic E-state index is 13.3. The van der Waals surface area contributed by atoms with Crippen molar-refractivity contribution in [1.29, 1.82) is 0 Å². The first kappa shape index (κ1) is 18.9. The molecule has 0 saturated carbocycles. The van der Waals surface area contributed by atoms with E-state index in [1.165, 1.54) is 19.2 Å². The summed E-state index contributed by atoms with van der Waals surface area (Å²) in [6.45, 7) is 2.25. The molecular formula is C19H20N4O6. The van der Waals surface area contributed by atoms with Crippen molar-refractivity contribution < 1.29 is 18.5 Å². The van der Waals surface area contributed by atoms with Crippen molar-refractivity contribution in [3.8, 4) is 11.4 Å². The Morgan fingerprint density at radius 3 is 2.83 bits per heavy atom. The van der Waals surface area contributed by atoms with Gasteiger partial charge in [0.15, 0.2) is 0 Å². The zero-order chi connectivity index (χ0) is 20.5. The number of hydrogen-bond acceptors (Lipinski definition) is 8. The van der Waals surface area contributed by atoms with Crippen molar-refractivity contribution in [3.63, 3.8) is 0 Å². The highest BCUT2D eigenvalue weighted by atomic mass is 16.5. The van der Waals surface area contributed by atoms with Gasteiger partial charge in [0.05, 0.1) is 13.7 Å². The fourth-order valence-electron chi connectivity index (χ4n) is 3.49. The minimum absolute atomic E-state index is 0.000380. The van der Waals surface area contributed by atoms with Crippen molar-refractivity contribution in [2.75, 3.05) is 7.11 Å². The molecule has 4 heterocycles. The molecule has 0 atom stereocenters. The summed E-state index contributed by atoms with van der Waals surface area (Å²) in [7, 11) is 1.24. The molecule has 0 unspecified atom stereocenters. The van der Waals surface area contributed by atoms with Gasteiger partial charge in [-0.2, -0.15) is 4.98 Å². The summed E-state index contributed by atoms with van der Waals surface area (Å²) in [5.74, 6) is 0.251. The van der Waals surface area contributed by atoms with Crippen molar-refractivity contribution in [2.24, 2.45) is 0 Å². The molecule has 0 aromatic carbocycles. The molecule has 0 aliphatic carbocycles. The van der Waals surface area contributed by atoms with Gasteiger partial charge in [-0.05, 0) is 31.4 Å². The second-order valence-electron chi connectivity index (χ2n) is 6.73. The van der Waals surface area contributed by atoms with Crippen LogP contribution >= 0.6 is 0 Å². The largest absolute Gasteiger partial charge is 0.463 e. The van der Waals surface area contributed by atoms with Crippen LogP contribution in [-0.2, 0) is 30.7 Å². The standard InChI is InChI=1S/C19H20N4O6/c1-3-14-20-16(21-29-14)15-12-6-4-5-9-22(12)19(26)23(17(15)24)10-11-7-8-13(28-11)18(25)27-2/h7-8H,3-6,9-10H2,1-2H3. The van der Waals surface area contributed by atoms with Gasteiger partial charge < -0.3 is 13.7 Å². The third-order valence-electron chi connectivity index (χ3n) is 4.94. The Balaban J connectivity index is 1.85. The predicted molar refractivity (Wildman–Crippen MR) is 99.7 cm³/mol. The molecule has 1 aliphatic rings. The van der Waals surface area contributed by atoms with E-state index < -0.39 is 17.2 Å². The second kappa shape index (κ2) is 7.53. The topological polar surface area (TPSA) is 122 Å². The molecule has 0 spiro atoms. The number of carbonyl (C=O) groups is 1. The fraction of sp³-hybridized carbons (Fsp3) is 0.421. The average Bonchev–Trinajstić information content (AvgIpc) is 3.40. The Morgan fingerprint density at radius 2 is 2.10 bits per heavy atom. The van der Waals surface area contributed by atoms with Crippen LogP contribution in [-0.4, -0.2) is 32.4 Å². The van der Waals surface area contributed by atoms with Crippen molar-refractivity contribution in [3.05, 3.63) is 56.1 Å². The quantitative estimate of drug-likeness (QED) is 0.589. The van der Waals surface area contributed by atoms with Crippen LogP contribution in [0, 0.1) is 0 Å². The maximum Gasteiger partial charge on any atom is 0.373 e. The van der Waals surface area contributed by atoms with E-state index in [2.05, 4.69) is 14.9 Å². The van der Waals surface area contributed by atoms with E-state index >= 15 is 0 Å². The first-order chi connectivity index (χ1) is 14.0. The number of nitrogens with zero attached hydrogens (tertiary/aromatic N) is 4. The number of aryl methyl sites for hydroxylation is 1. The van der Waals surface area contributed by atoms with Gasteiger partial charge >= 0.3 is 11.7 Å². The van der Waals surface area contributed by atoms with Gasteiger partial charge in [-0.15, -0.1) is 0 Å². The summed E-state index contributed by atoms with van der Waals surface area (Å²) >= 11 is 0. The predicted octanol–water partition coefficient (Wildman–Crippen LogP) is 1.39. The summed E-state index contributed by atoms with van der Waals surface area (Å²) in [5.41, 5.74) is -0.0422. The highest BCUT2D eigenvalue weighted by molar-refractivity contribution is 5.86. The molecule has 10 heteroatoms. The molecule has 29 heavy (non-hydrogen) atoms. The van der Waals surface area contributed by atoms with Crippen LogP contribution in [0.4, 0.5) is 0 Å². The van der Waals surface area contributed by atoms with Crippen LogP contribution in [0.25, 0.3) is 11.4 Å². The van der Waals surface area contributed by atoms with E-state index in [0.717, 1.165) is 17.4 Å². The number of methoxy groups -OCH3 is 1. The lowest BCUT2D eigenvalue weighted by molar-refractivity contribution is 0.0563. The van der Waals surface area contributed by atoms with Gasteiger partial charge in [0, 0.05) is 18.7 Å². The van der Waals surface area contributed by atoms with Crippen LogP contribution < -0.4 is 11.2 Å². The minimum Gasteiger partial charge on any atom is -0.463 e. The Morgan fingerprint density at radius 1 is 1.28 bits per heavy atom. The Labute approximate surface area is 164 Å². The van der Waals surface area contributed by atoms with Crippen LogP contribution in [0.3, 0.4) is 0 Å². The number of esters is 1. The summed E-state index contributed by atoms with van der Waals surface area (Å²) < 4.78 is 17.9. The van der Waals surface area contributed by atoms with Crippen LogP contribution in [0.1, 0.15) is 47.7 Å². The average molecular weight is 400 g/mol. The molecule has 4 rings (SSSR count). The number of aromatic nitrogens is 4. The molecule has 0 fully saturated rings. The minimum atomic E-state index is -0.634. The lowest BCUT2D eigenvalue weighted by atomic mass is 10.0. The van der Waals surface area contributed by atoms with E-state index in [9.17, 15) is 14.4 Å². The third-order valence-corrected chi connectivity index (χ3v) is 4.94. The molecule has 3 aromatic heterocycles. The van der Waals surface area contributed by atoms with E-state index in [1.54, 1.807) is 4.57 Å². The molecular weight excluding hydrogens is 380 g/mol. The number of fused-ring (bicyclic) bond motifs is 1. The van der Waals surface area contributed by atoms with Crippen molar-refractivity contribution >= 4 is 5.97 Å². The van der Waals surface area contributed by atoms with Crippen molar-refractivity contribution in [2.45, 2.75) is 45.7 Å². The summed E-state index contributed by atoms with van der Waals surface area (Å²) in [5, 5.41) is 3.94. The van der Waals surface area contributed by atoms with E-state index in [4.69, 9.17) is 8.94 Å². The van der Waals surface area contributed by atoms with E-state index in [1.807, 2.05) is 6.92 Å². The smallest absolute Gasteiger partial charge is 0.373 e. The lowest BCUT2D eigenvalue weighted by Crippen LogP contribution is -2.44. The Bertz CT molecular complexity index is 1180. The van der Waals surface area contributed by atoms with Crippen molar-refractivity contribution in [1.82, 2.24) is 19.3 Å². The number of hydrogen-bond donors (Lipinski definition) is 0. The second-order valence-corrected chi connectivity index (χ2v) is 6.73. The first-order valence-corrected chi connectivity index (χ1v) is 9.40. The third kappa shape index (κ3) is 3.30. The zero-order valence-corrected chi connectivity index (χ0v) is 16.1.